The SMILES string of the molecule is CC1CCCCN1S(=O)(=O)c1ccc(C(=O)NNC(=O)COc2ccc(F)cc2)cc1. The van der Waals surface area contributed by atoms with E-state index in [1.807, 2.05) is 6.92 Å². The van der Waals surface area contributed by atoms with Crippen molar-refractivity contribution in [3.8, 4) is 5.75 Å². The highest BCUT2D eigenvalue weighted by atomic mass is 32.2. The van der Waals surface area contributed by atoms with E-state index in [4.69, 9.17) is 4.74 Å². The van der Waals surface area contributed by atoms with Gasteiger partial charge >= 0.3 is 0 Å². The molecule has 1 saturated heterocycles. The van der Waals surface area contributed by atoms with Crippen LogP contribution in [0.3, 0.4) is 0 Å². The summed E-state index contributed by atoms with van der Waals surface area (Å²) in [6.07, 6.45) is 2.66. The maximum atomic E-state index is 12.8. The zero-order valence-electron chi connectivity index (χ0n) is 17.0. The molecule has 1 aliphatic rings. The molecular formula is C21H24FN3O5S. The third-order valence-corrected chi connectivity index (χ3v) is 6.99. The number of sulfonamides is 1. The van der Waals surface area contributed by atoms with Gasteiger partial charge in [-0.1, -0.05) is 6.42 Å². The number of hydrazine groups is 1. The quantitative estimate of drug-likeness (QED) is 0.658. The molecule has 2 amide bonds. The highest BCUT2D eigenvalue weighted by Gasteiger charge is 2.30. The van der Waals surface area contributed by atoms with Crippen molar-refractivity contribution >= 4 is 21.8 Å². The standard InChI is InChI=1S/C21H24FN3O5S/c1-15-4-2-3-13-25(15)31(28,29)19-11-5-16(6-12-19)21(27)24-23-20(26)14-30-18-9-7-17(22)8-10-18/h5-12,15H,2-4,13-14H2,1H3,(H,23,26)(H,24,27). The van der Waals surface area contributed by atoms with Crippen LogP contribution in [0.4, 0.5) is 4.39 Å². The number of hydrogen-bond acceptors (Lipinski definition) is 5. The average Bonchev–Trinajstić information content (AvgIpc) is 2.77. The van der Waals surface area contributed by atoms with E-state index >= 15 is 0 Å². The van der Waals surface area contributed by atoms with Gasteiger partial charge in [0.1, 0.15) is 11.6 Å². The summed E-state index contributed by atoms with van der Waals surface area (Å²) in [6, 6.07) is 10.6. The van der Waals surface area contributed by atoms with Gasteiger partial charge in [-0.3, -0.25) is 20.4 Å². The number of hydrogen-bond donors (Lipinski definition) is 2. The van der Waals surface area contributed by atoms with E-state index in [9.17, 15) is 22.4 Å². The topological polar surface area (TPSA) is 105 Å². The first kappa shape index (κ1) is 22.7. The molecule has 0 aliphatic carbocycles. The Morgan fingerprint density at radius 2 is 1.74 bits per heavy atom. The molecule has 10 heteroatoms. The van der Waals surface area contributed by atoms with Gasteiger partial charge in [-0.25, -0.2) is 12.8 Å². The molecule has 0 bridgehead atoms. The summed E-state index contributed by atoms with van der Waals surface area (Å²) < 4.78 is 45.2. The molecule has 3 rings (SSSR count). The molecule has 2 N–H and O–H groups in total. The molecule has 2 aromatic rings. The second-order valence-corrected chi connectivity index (χ2v) is 9.12. The van der Waals surface area contributed by atoms with Gasteiger partial charge in [-0.15, -0.1) is 0 Å². The summed E-state index contributed by atoms with van der Waals surface area (Å²) in [7, 11) is -3.62. The lowest BCUT2D eigenvalue weighted by Gasteiger charge is -2.32. The first-order valence-electron chi connectivity index (χ1n) is 9.87. The van der Waals surface area contributed by atoms with E-state index in [1.165, 1.54) is 52.8 Å². The third kappa shape index (κ3) is 5.80. The van der Waals surface area contributed by atoms with Crippen molar-refractivity contribution in [1.82, 2.24) is 15.2 Å². The largest absolute Gasteiger partial charge is 0.484 e. The minimum atomic E-state index is -3.62. The summed E-state index contributed by atoms with van der Waals surface area (Å²) in [4.78, 5) is 24.1. The van der Waals surface area contributed by atoms with E-state index in [2.05, 4.69) is 10.9 Å². The first-order chi connectivity index (χ1) is 14.8. The van der Waals surface area contributed by atoms with Crippen LogP contribution in [0.15, 0.2) is 53.4 Å². The highest BCUT2D eigenvalue weighted by Crippen LogP contribution is 2.25. The van der Waals surface area contributed by atoms with E-state index < -0.39 is 27.7 Å². The van der Waals surface area contributed by atoms with E-state index in [-0.39, 0.29) is 23.1 Å². The van der Waals surface area contributed by atoms with Gasteiger partial charge in [0, 0.05) is 18.2 Å². The van der Waals surface area contributed by atoms with Crippen LogP contribution in [0.5, 0.6) is 5.75 Å². The molecule has 31 heavy (non-hydrogen) atoms. The number of nitrogens with one attached hydrogen (secondary N) is 2. The Morgan fingerprint density at radius 3 is 2.39 bits per heavy atom. The first-order valence-corrected chi connectivity index (χ1v) is 11.3. The van der Waals surface area contributed by atoms with Gasteiger partial charge in [0.05, 0.1) is 4.90 Å². The van der Waals surface area contributed by atoms with Gasteiger partial charge in [-0.2, -0.15) is 4.31 Å². The van der Waals surface area contributed by atoms with Gasteiger partial charge < -0.3 is 4.74 Å². The van der Waals surface area contributed by atoms with Crippen molar-refractivity contribution in [2.75, 3.05) is 13.2 Å². The summed E-state index contributed by atoms with van der Waals surface area (Å²) in [5, 5.41) is 0. The number of amides is 2. The molecule has 0 aromatic heterocycles. The van der Waals surface area contributed by atoms with Crippen LogP contribution in [0.25, 0.3) is 0 Å². The van der Waals surface area contributed by atoms with Gasteiger partial charge in [0.25, 0.3) is 11.8 Å². The van der Waals surface area contributed by atoms with Crippen molar-refractivity contribution in [1.29, 1.82) is 0 Å². The summed E-state index contributed by atoms with van der Waals surface area (Å²) >= 11 is 0. The van der Waals surface area contributed by atoms with Crippen molar-refractivity contribution in [3.05, 3.63) is 59.9 Å². The number of rotatable bonds is 6. The van der Waals surface area contributed by atoms with Crippen LogP contribution in [-0.2, 0) is 14.8 Å². The molecule has 2 aromatic carbocycles. The maximum absolute atomic E-state index is 12.8. The lowest BCUT2D eigenvalue weighted by Crippen LogP contribution is -2.44. The van der Waals surface area contributed by atoms with Crippen molar-refractivity contribution in [3.63, 3.8) is 0 Å². The third-order valence-electron chi connectivity index (χ3n) is 4.96. The Bertz CT molecular complexity index is 1030. The zero-order valence-corrected chi connectivity index (χ0v) is 17.8. The van der Waals surface area contributed by atoms with Crippen molar-refractivity contribution in [2.24, 2.45) is 0 Å². The van der Waals surface area contributed by atoms with Gasteiger partial charge in [0.15, 0.2) is 6.61 Å². The smallest absolute Gasteiger partial charge is 0.276 e. The Morgan fingerprint density at radius 1 is 1.06 bits per heavy atom. The molecule has 1 heterocycles. The molecule has 1 atom stereocenters. The predicted molar refractivity (Wildman–Crippen MR) is 111 cm³/mol. The average molecular weight is 450 g/mol. The summed E-state index contributed by atoms with van der Waals surface area (Å²) in [6.45, 7) is 2.00. The molecule has 1 fully saturated rings. The van der Waals surface area contributed by atoms with Crippen LogP contribution >= 0.6 is 0 Å². The number of carbonyl (C=O) groups is 2. The Balaban J connectivity index is 1.52. The summed E-state index contributed by atoms with van der Waals surface area (Å²) in [5.74, 6) is -1.34. The Labute approximate surface area is 180 Å². The number of piperidine rings is 1. The van der Waals surface area contributed by atoms with Crippen LogP contribution in [-0.4, -0.2) is 43.7 Å². The van der Waals surface area contributed by atoms with Crippen LogP contribution in [0.1, 0.15) is 36.5 Å². The van der Waals surface area contributed by atoms with Crippen molar-refractivity contribution in [2.45, 2.75) is 37.1 Å². The second-order valence-electron chi connectivity index (χ2n) is 7.23. The van der Waals surface area contributed by atoms with Crippen LogP contribution in [0, 0.1) is 5.82 Å². The predicted octanol–water partition coefficient (Wildman–Crippen LogP) is 2.23. The highest BCUT2D eigenvalue weighted by molar-refractivity contribution is 7.89. The molecule has 0 spiro atoms. The lowest BCUT2D eigenvalue weighted by molar-refractivity contribution is -0.123. The Kier molecular flexibility index (Phi) is 7.24. The molecule has 166 valence electrons. The number of carbonyl (C=O) groups excluding carboxylic acids is 2. The maximum Gasteiger partial charge on any atom is 0.276 e. The second kappa shape index (κ2) is 9.88. The molecule has 8 nitrogen and oxygen atoms in total. The Hall–Kier alpha value is -2.98. The molecule has 0 radical (unpaired) electrons. The fourth-order valence-corrected chi connectivity index (χ4v) is 4.96. The molecule has 1 aliphatic heterocycles. The number of benzene rings is 2. The van der Waals surface area contributed by atoms with Gasteiger partial charge in [0.2, 0.25) is 10.0 Å². The zero-order chi connectivity index (χ0) is 22.4. The van der Waals surface area contributed by atoms with Gasteiger partial charge in [-0.05, 0) is 68.3 Å². The lowest BCUT2D eigenvalue weighted by atomic mass is 10.1. The molecule has 1 unspecified atom stereocenters. The monoisotopic (exact) mass is 449 g/mol. The minimum absolute atomic E-state index is 0.0611. The fraction of sp³-hybridized carbons (Fsp3) is 0.333. The molecular weight excluding hydrogens is 425 g/mol. The number of halogens is 1. The van der Waals surface area contributed by atoms with Crippen LogP contribution < -0.4 is 15.6 Å². The van der Waals surface area contributed by atoms with Crippen molar-refractivity contribution < 1.29 is 27.1 Å². The van der Waals surface area contributed by atoms with E-state index in [0.717, 1.165) is 19.3 Å². The fourth-order valence-electron chi connectivity index (χ4n) is 3.26. The number of nitrogens with zero attached hydrogens (tertiary/aromatic N) is 1. The minimum Gasteiger partial charge on any atom is -0.484 e. The van der Waals surface area contributed by atoms with Crippen LogP contribution in [0.2, 0.25) is 0 Å². The van der Waals surface area contributed by atoms with E-state index in [1.54, 1.807) is 0 Å². The summed E-state index contributed by atoms with van der Waals surface area (Å²) in [5.41, 5.74) is 4.62. The van der Waals surface area contributed by atoms with E-state index in [0.29, 0.717) is 12.3 Å². The number of ether oxygens (including phenoxy) is 1. The normalized spacial score (nSPS) is 17.0. The molecule has 0 saturated carbocycles.